The van der Waals surface area contributed by atoms with Crippen LogP contribution >= 0.6 is 27.3 Å². The summed E-state index contributed by atoms with van der Waals surface area (Å²) in [5.41, 5.74) is 5.99. The van der Waals surface area contributed by atoms with Crippen molar-refractivity contribution in [3.05, 3.63) is 20.3 Å². The quantitative estimate of drug-likeness (QED) is 0.342. The number of nitrogens with two attached hydrogens (primary N) is 1. The number of carbonyl (C=O) groups is 1. The third-order valence-electron chi connectivity index (χ3n) is 2.57. The van der Waals surface area contributed by atoms with Crippen LogP contribution in [0.3, 0.4) is 0 Å². The second-order valence-electron chi connectivity index (χ2n) is 4.62. The highest BCUT2D eigenvalue weighted by Gasteiger charge is 2.25. The van der Waals surface area contributed by atoms with Crippen LogP contribution in [0.2, 0.25) is 0 Å². The topological polar surface area (TPSA) is 87.7 Å². The fraction of sp³-hybridized carbons (Fsp3) is 0.455. The molecule has 0 unspecified atom stereocenters. The normalized spacial score (nSPS) is 12.6. The van der Waals surface area contributed by atoms with Gasteiger partial charge >= 0.3 is 0 Å². The summed E-state index contributed by atoms with van der Waals surface area (Å²) in [6, 6.07) is 1.82. The number of amides is 1. The summed E-state index contributed by atoms with van der Waals surface area (Å²) in [7, 11) is 0. The lowest BCUT2D eigenvalue weighted by Crippen LogP contribution is -2.42. The Morgan fingerprint density at radius 3 is 2.72 bits per heavy atom. The van der Waals surface area contributed by atoms with E-state index in [1.165, 1.54) is 11.3 Å². The molecule has 0 bridgehead atoms. The van der Waals surface area contributed by atoms with E-state index in [0.717, 1.165) is 9.35 Å². The average Bonchev–Trinajstić information content (AvgIpc) is 2.65. The molecule has 4 N–H and O–H groups in total. The predicted molar refractivity (Wildman–Crippen MR) is 76.3 cm³/mol. The van der Waals surface area contributed by atoms with E-state index in [4.69, 9.17) is 10.9 Å². The van der Waals surface area contributed by atoms with Gasteiger partial charge in [0.05, 0.1) is 8.66 Å². The van der Waals surface area contributed by atoms with E-state index in [9.17, 15) is 4.79 Å². The molecule has 0 fully saturated rings. The predicted octanol–water partition coefficient (Wildman–Crippen LogP) is 2.32. The molecule has 0 saturated heterocycles. The van der Waals surface area contributed by atoms with Gasteiger partial charge in [-0.1, -0.05) is 19.0 Å². The molecule has 1 aromatic heterocycles. The minimum absolute atomic E-state index is 0.0892. The Kier molecular flexibility index (Phi) is 4.75. The van der Waals surface area contributed by atoms with Crippen LogP contribution in [-0.2, 0) is 0 Å². The number of halogens is 1. The van der Waals surface area contributed by atoms with Gasteiger partial charge in [0, 0.05) is 12.0 Å². The Morgan fingerprint density at radius 2 is 2.28 bits per heavy atom. The maximum Gasteiger partial charge on any atom is 0.261 e. The molecule has 18 heavy (non-hydrogen) atoms. The smallest absolute Gasteiger partial charge is 0.261 e. The highest BCUT2D eigenvalue weighted by molar-refractivity contribution is 9.11. The lowest BCUT2D eigenvalue weighted by atomic mass is 9.92. The lowest BCUT2D eigenvalue weighted by molar-refractivity contribution is 0.0948. The summed E-state index contributed by atoms with van der Waals surface area (Å²) in [6.45, 7) is 5.81. The van der Waals surface area contributed by atoms with Gasteiger partial charge in [-0.3, -0.25) is 4.79 Å². The van der Waals surface area contributed by atoms with Crippen LogP contribution in [0.4, 0.5) is 0 Å². The van der Waals surface area contributed by atoms with Crippen molar-refractivity contribution in [1.82, 2.24) is 5.32 Å². The number of carbonyl (C=O) groups excluding carboxylic acids is 1. The molecule has 7 heteroatoms. The second kappa shape index (κ2) is 5.71. The lowest BCUT2D eigenvalue weighted by Gasteiger charge is -2.22. The van der Waals surface area contributed by atoms with Crippen molar-refractivity contribution in [2.24, 2.45) is 16.3 Å². The van der Waals surface area contributed by atoms with Gasteiger partial charge in [-0.2, -0.15) is 0 Å². The number of nitrogens with zero attached hydrogens (tertiary/aromatic N) is 1. The van der Waals surface area contributed by atoms with Crippen LogP contribution in [0.1, 0.15) is 29.1 Å². The molecule has 0 aliphatic heterocycles. The highest BCUT2D eigenvalue weighted by atomic mass is 79.9. The number of nitrogens with one attached hydrogen (secondary N) is 1. The number of rotatable bonds is 4. The van der Waals surface area contributed by atoms with Gasteiger partial charge in [0.25, 0.3) is 5.91 Å². The molecule has 1 aromatic rings. The van der Waals surface area contributed by atoms with Crippen molar-refractivity contribution < 1.29 is 10.0 Å². The zero-order chi connectivity index (χ0) is 13.9. The third-order valence-corrected chi connectivity index (χ3v) is 4.71. The van der Waals surface area contributed by atoms with Crippen molar-refractivity contribution in [2.75, 3.05) is 6.54 Å². The summed E-state index contributed by atoms with van der Waals surface area (Å²) < 4.78 is 0.948. The van der Waals surface area contributed by atoms with E-state index in [0.29, 0.717) is 11.4 Å². The summed E-state index contributed by atoms with van der Waals surface area (Å²) in [6.07, 6.45) is 0. The first-order valence-electron chi connectivity index (χ1n) is 5.30. The van der Waals surface area contributed by atoms with Gasteiger partial charge in [-0.25, -0.2) is 0 Å². The molecular formula is C11H16BrN3O2S. The van der Waals surface area contributed by atoms with Crippen LogP contribution in [0, 0.1) is 12.3 Å². The van der Waals surface area contributed by atoms with Crippen molar-refractivity contribution in [3.63, 3.8) is 0 Å². The number of hydrogen-bond acceptors (Lipinski definition) is 4. The summed E-state index contributed by atoms with van der Waals surface area (Å²) >= 11 is 4.76. The molecular weight excluding hydrogens is 318 g/mol. The maximum absolute atomic E-state index is 11.9. The largest absolute Gasteiger partial charge is 0.409 e. The molecule has 0 aliphatic rings. The van der Waals surface area contributed by atoms with Gasteiger partial charge in [0.2, 0.25) is 0 Å². The van der Waals surface area contributed by atoms with E-state index < -0.39 is 5.41 Å². The van der Waals surface area contributed by atoms with Crippen LogP contribution in [-0.4, -0.2) is 23.5 Å². The first kappa shape index (κ1) is 15.0. The number of thiophene rings is 1. The molecule has 1 amide bonds. The Morgan fingerprint density at radius 1 is 1.67 bits per heavy atom. The van der Waals surface area contributed by atoms with Crippen LogP contribution < -0.4 is 11.1 Å². The molecule has 0 radical (unpaired) electrons. The van der Waals surface area contributed by atoms with Gasteiger partial charge in [-0.15, -0.1) is 11.3 Å². The number of oxime groups is 1. The highest BCUT2D eigenvalue weighted by Crippen LogP contribution is 2.27. The minimum Gasteiger partial charge on any atom is -0.409 e. The zero-order valence-corrected chi connectivity index (χ0v) is 12.9. The van der Waals surface area contributed by atoms with Crippen molar-refractivity contribution >= 4 is 39.0 Å². The first-order chi connectivity index (χ1) is 8.27. The summed E-state index contributed by atoms with van der Waals surface area (Å²) in [5, 5.41) is 14.4. The average molecular weight is 334 g/mol. The molecule has 0 aromatic carbocycles. The Balaban J connectivity index is 2.67. The molecule has 5 nitrogen and oxygen atoms in total. The molecule has 100 valence electrons. The van der Waals surface area contributed by atoms with Crippen LogP contribution in [0.5, 0.6) is 0 Å². The standard InChI is InChI=1S/C11H16BrN3O2S/c1-6-4-7(18-8(6)12)9(16)14-5-11(2,3)10(13)15-17/h4,17H,5H2,1-3H3,(H2,13,15)(H,14,16). The Hall–Kier alpha value is -1.08. The maximum atomic E-state index is 11.9. The van der Waals surface area contributed by atoms with Crippen LogP contribution in [0.15, 0.2) is 15.0 Å². The molecule has 0 saturated carbocycles. The zero-order valence-electron chi connectivity index (χ0n) is 10.5. The summed E-state index contributed by atoms with van der Waals surface area (Å²) in [5.74, 6) is -0.0704. The minimum atomic E-state index is -0.589. The second-order valence-corrected chi connectivity index (χ2v) is 6.99. The Labute approximate surface area is 118 Å². The van der Waals surface area contributed by atoms with E-state index >= 15 is 0 Å². The fourth-order valence-electron chi connectivity index (χ4n) is 1.19. The van der Waals surface area contributed by atoms with E-state index in [1.54, 1.807) is 13.8 Å². The van der Waals surface area contributed by atoms with Gasteiger partial charge in [0.1, 0.15) is 5.84 Å². The number of aryl methyl sites for hydroxylation is 1. The summed E-state index contributed by atoms with van der Waals surface area (Å²) in [4.78, 5) is 12.5. The van der Waals surface area contributed by atoms with Crippen molar-refractivity contribution in [3.8, 4) is 0 Å². The van der Waals surface area contributed by atoms with Crippen LogP contribution in [0.25, 0.3) is 0 Å². The Bertz CT molecular complexity index is 463. The molecule has 1 rings (SSSR count). The van der Waals surface area contributed by atoms with Gasteiger partial charge < -0.3 is 16.3 Å². The first-order valence-corrected chi connectivity index (χ1v) is 6.91. The molecule has 0 atom stereocenters. The monoisotopic (exact) mass is 333 g/mol. The molecule has 0 spiro atoms. The van der Waals surface area contributed by atoms with E-state index in [1.807, 2.05) is 13.0 Å². The van der Waals surface area contributed by atoms with E-state index in [2.05, 4.69) is 26.4 Å². The van der Waals surface area contributed by atoms with Gasteiger partial charge in [0.15, 0.2) is 0 Å². The van der Waals surface area contributed by atoms with Crippen molar-refractivity contribution in [2.45, 2.75) is 20.8 Å². The molecule has 0 aliphatic carbocycles. The fourth-order valence-corrected chi connectivity index (χ4v) is 2.64. The van der Waals surface area contributed by atoms with E-state index in [-0.39, 0.29) is 11.7 Å². The molecule has 1 heterocycles. The third kappa shape index (κ3) is 3.46. The number of amidine groups is 1. The number of hydrogen-bond donors (Lipinski definition) is 3. The van der Waals surface area contributed by atoms with Gasteiger partial charge in [-0.05, 0) is 34.5 Å². The SMILES string of the molecule is Cc1cc(C(=O)NCC(C)(C)/C(N)=N/O)sc1Br. The van der Waals surface area contributed by atoms with Crippen molar-refractivity contribution in [1.29, 1.82) is 0 Å².